The summed E-state index contributed by atoms with van der Waals surface area (Å²) in [7, 11) is 0. The number of rotatable bonds is 6. The Morgan fingerprint density at radius 1 is 1.18 bits per heavy atom. The van der Waals surface area contributed by atoms with Crippen molar-refractivity contribution in [1.82, 2.24) is 15.3 Å². The van der Waals surface area contributed by atoms with E-state index in [1.165, 1.54) is 0 Å². The molecule has 1 aromatic carbocycles. The molecular weight excluding hydrogens is 276 g/mol. The van der Waals surface area contributed by atoms with E-state index in [0.717, 1.165) is 18.7 Å². The SMILES string of the molecule is CCN(CC)c1nccc(C(=O)NC(C)c2ccccc2)n1. The Hall–Kier alpha value is -2.43. The van der Waals surface area contributed by atoms with E-state index in [4.69, 9.17) is 0 Å². The molecule has 1 amide bonds. The van der Waals surface area contributed by atoms with Gasteiger partial charge in [-0.3, -0.25) is 4.79 Å². The number of anilines is 1. The van der Waals surface area contributed by atoms with Gasteiger partial charge in [-0.2, -0.15) is 0 Å². The molecule has 22 heavy (non-hydrogen) atoms. The third-order valence-corrected chi connectivity index (χ3v) is 3.57. The van der Waals surface area contributed by atoms with Gasteiger partial charge < -0.3 is 10.2 Å². The molecule has 0 saturated heterocycles. The van der Waals surface area contributed by atoms with Crippen molar-refractivity contribution >= 4 is 11.9 Å². The molecule has 2 aromatic rings. The molecule has 0 spiro atoms. The van der Waals surface area contributed by atoms with Crippen LogP contribution in [0.2, 0.25) is 0 Å². The largest absolute Gasteiger partial charge is 0.344 e. The van der Waals surface area contributed by atoms with Crippen molar-refractivity contribution in [2.24, 2.45) is 0 Å². The van der Waals surface area contributed by atoms with Crippen molar-refractivity contribution in [3.05, 3.63) is 53.9 Å². The van der Waals surface area contributed by atoms with Crippen LogP contribution in [0.4, 0.5) is 5.95 Å². The van der Waals surface area contributed by atoms with Crippen LogP contribution in [0.3, 0.4) is 0 Å². The van der Waals surface area contributed by atoms with Gasteiger partial charge in [0.2, 0.25) is 5.95 Å². The van der Waals surface area contributed by atoms with E-state index in [1.54, 1.807) is 12.3 Å². The van der Waals surface area contributed by atoms with E-state index in [9.17, 15) is 4.79 Å². The Kier molecular flexibility index (Phi) is 5.47. The Bertz CT molecular complexity index is 611. The fourth-order valence-corrected chi connectivity index (χ4v) is 2.23. The highest BCUT2D eigenvalue weighted by Crippen LogP contribution is 2.13. The van der Waals surface area contributed by atoms with Crippen molar-refractivity contribution in [2.45, 2.75) is 26.8 Å². The number of carbonyl (C=O) groups is 1. The monoisotopic (exact) mass is 298 g/mol. The number of benzene rings is 1. The Morgan fingerprint density at radius 3 is 2.50 bits per heavy atom. The maximum atomic E-state index is 12.4. The quantitative estimate of drug-likeness (QED) is 0.891. The fraction of sp³-hybridized carbons (Fsp3) is 0.353. The summed E-state index contributed by atoms with van der Waals surface area (Å²) < 4.78 is 0. The number of amides is 1. The van der Waals surface area contributed by atoms with Crippen molar-refractivity contribution in [1.29, 1.82) is 0 Å². The minimum atomic E-state index is -0.188. The van der Waals surface area contributed by atoms with Gasteiger partial charge in [-0.25, -0.2) is 9.97 Å². The Labute approximate surface area is 131 Å². The van der Waals surface area contributed by atoms with Crippen molar-refractivity contribution in [3.63, 3.8) is 0 Å². The number of nitrogens with one attached hydrogen (secondary N) is 1. The molecule has 1 N–H and O–H groups in total. The predicted molar refractivity (Wildman–Crippen MR) is 87.9 cm³/mol. The Morgan fingerprint density at radius 2 is 1.86 bits per heavy atom. The molecule has 0 aliphatic carbocycles. The van der Waals surface area contributed by atoms with Gasteiger partial charge in [0.25, 0.3) is 5.91 Å². The lowest BCUT2D eigenvalue weighted by Crippen LogP contribution is -2.29. The van der Waals surface area contributed by atoms with Gasteiger partial charge in [0.05, 0.1) is 6.04 Å². The van der Waals surface area contributed by atoms with E-state index < -0.39 is 0 Å². The van der Waals surface area contributed by atoms with Gasteiger partial charge in [-0.1, -0.05) is 30.3 Å². The van der Waals surface area contributed by atoms with E-state index >= 15 is 0 Å². The molecule has 0 radical (unpaired) electrons. The van der Waals surface area contributed by atoms with Gasteiger partial charge >= 0.3 is 0 Å². The molecule has 1 aromatic heterocycles. The Balaban J connectivity index is 2.11. The predicted octanol–water partition coefficient (Wildman–Crippen LogP) is 2.81. The average molecular weight is 298 g/mol. The van der Waals surface area contributed by atoms with Gasteiger partial charge in [0.1, 0.15) is 5.69 Å². The first kappa shape index (κ1) is 15.9. The van der Waals surface area contributed by atoms with Crippen LogP contribution in [0.25, 0.3) is 0 Å². The van der Waals surface area contributed by atoms with E-state index in [1.807, 2.05) is 56.0 Å². The first-order chi connectivity index (χ1) is 10.7. The summed E-state index contributed by atoms with van der Waals surface area (Å²) in [4.78, 5) is 23.0. The first-order valence-electron chi connectivity index (χ1n) is 7.59. The van der Waals surface area contributed by atoms with Crippen LogP contribution in [0.1, 0.15) is 42.9 Å². The zero-order valence-electron chi connectivity index (χ0n) is 13.3. The summed E-state index contributed by atoms with van der Waals surface area (Å²) in [6.07, 6.45) is 1.63. The maximum absolute atomic E-state index is 12.4. The molecule has 0 aliphatic heterocycles. The van der Waals surface area contributed by atoms with Gasteiger partial charge in [0, 0.05) is 19.3 Å². The third kappa shape index (κ3) is 3.81. The van der Waals surface area contributed by atoms with Crippen LogP contribution in [-0.4, -0.2) is 29.0 Å². The maximum Gasteiger partial charge on any atom is 0.270 e. The lowest BCUT2D eigenvalue weighted by atomic mass is 10.1. The zero-order chi connectivity index (χ0) is 15.9. The molecule has 1 atom stereocenters. The molecule has 0 fully saturated rings. The smallest absolute Gasteiger partial charge is 0.270 e. The molecule has 116 valence electrons. The fourth-order valence-electron chi connectivity index (χ4n) is 2.23. The number of aromatic nitrogens is 2. The number of carbonyl (C=O) groups excluding carboxylic acids is 1. The van der Waals surface area contributed by atoms with E-state index in [0.29, 0.717) is 11.6 Å². The van der Waals surface area contributed by atoms with E-state index in [2.05, 4.69) is 15.3 Å². The van der Waals surface area contributed by atoms with Crippen LogP contribution in [-0.2, 0) is 0 Å². The van der Waals surface area contributed by atoms with Crippen molar-refractivity contribution in [2.75, 3.05) is 18.0 Å². The number of hydrogen-bond acceptors (Lipinski definition) is 4. The van der Waals surface area contributed by atoms with Gasteiger partial charge in [-0.05, 0) is 32.4 Å². The van der Waals surface area contributed by atoms with Crippen LogP contribution in [0, 0.1) is 0 Å². The molecule has 0 saturated carbocycles. The summed E-state index contributed by atoms with van der Waals surface area (Å²) in [6, 6.07) is 11.4. The topological polar surface area (TPSA) is 58.1 Å². The summed E-state index contributed by atoms with van der Waals surface area (Å²) in [6.45, 7) is 7.65. The minimum Gasteiger partial charge on any atom is -0.344 e. The second-order valence-electron chi connectivity index (χ2n) is 5.02. The van der Waals surface area contributed by atoms with Crippen LogP contribution >= 0.6 is 0 Å². The summed E-state index contributed by atoms with van der Waals surface area (Å²) >= 11 is 0. The lowest BCUT2D eigenvalue weighted by molar-refractivity contribution is 0.0934. The van der Waals surface area contributed by atoms with Gasteiger partial charge in [0.15, 0.2) is 0 Å². The second-order valence-corrected chi connectivity index (χ2v) is 5.02. The lowest BCUT2D eigenvalue weighted by Gasteiger charge is -2.19. The average Bonchev–Trinajstić information content (AvgIpc) is 2.57. The highest BCUT2D eigenvalue weighted by atomic mass is 16.1. The first-order valence-corrected chi connectivity index (χ1v) is 7.59. The zero-order valence-corrected chi connectivity index (χ0v) is 13.3. The minimum absolute atomic E-state index is 0.0689. The molecule has 2 rings (SSSR count). The van der Waals surface area contributed by atoms with E-state index in [-0.39, 0.29) is 11.9 Å². The second kappa shape index (κ2) is 7.54. The standard InChI is InChI=1S/C17H22N4O/c1-4-21(5-2)17-18-12-11-15(20-17)16(22)19-13(3)14-9-7-6-8-10-14/h6-13H,4-5H2,1-3H3,(H,19,22). The highest BCUT2D eigenvalue weighted by molar-refractivity contribution is 5.92. The van der Waals surface area contributed by atoms with Crippen LogP contribution in [0.5, 0.6) is 0 Å². The third-order valence-electron chi connectivity index (χ3n) is 3.57. The summed E-state index contributed by atoms with van der Waals surface area (Å²) in [5.41, 5.74) is 1.45. The number of hydrogen-bond donors (Lipinski definition) is 1. The van der Waals surface area contributed by atoms with Crippen LogP contribution < -0.4 is 10.2 Å². The van der Waals surface area contributed by atoms with Crippen molar-refractivity contribution in [3.8, 4) is 0 Å². The molecular formula is C17H22N4O. The molecule has 5 nitrogen and oxygen atoms in total. The molecule has 5 heteroatoms. The summed E-state index contributed by atoms with van der Waals surface area (Å²) in [5, 5.41) is 2.97. The number of nitrogens with zero attached hydrogens (tertiary/aromatic N) is 3. The summed E-state index contributed by atoms with van der Waals surface area (Å²) in [5.74, 6) is 0.400. The normalized spacial score (nSPS) is 11.8. The van der Waals surface area contributed by atoms with Gasteiger partial charge in [-0.15, -0.1) is 0 Å². The van der Waals surface area contributed by atoms with Crippen LogP contribution in [0.15, 0.2) is 42.6 Å². The van der Waals surface area contributed by atoms with Crippen molar-refractivity contribution < 1.29 is 4.79 Å². The molecule has 1 unspecified atom stereocenters. The highest BCUT2D eigenvalue weighted by Gasteiger charge is 2.14. The molecule has 0 bridgehead atoms. The molecule has 0 aliphatic rings. The molecule has 1 heterocycles.